The molecule has 41 heavy (non-hydrogen) atoms. The highest BCUT2D eigenvalue weighted by Crippen LogP contribution is 2.38. The highest BCUT2D eigenvalue weighted by atomic mass is 19.4. The molecule has 0 saturated carbocycles. The predicted molar refractivity (Wildman–Crippen MR) is 143 cm³/mol. The monoisotopic (exact) mass is 580 g/mol. The highest BCUT2D eigenvalue weighted by Gasteiger charge is 2.57. The van der Waals surface area contributed by atoms with Crippen LogP contribution in [0.5, 0.6) is 11.5 Å². The first kappa shape index (κ1) is 31.7. The maximum absolute atomic E-state index is 13.9. The Morgan fingerprint density at radius 3 is 2.22 bits per heavy atom. The third kappa shape index (κ3) is 7.49. The standard InChI is InChI=1S/C29H35F3N2O7/c1-26(2,3)41-25(37)34-27(4,5)40-17-28(34,6)24(36)33-15-22(35)19-10-13-23(21(14-19)29(30,31)32)39-16-18-8-11-20(38-7)12-9-18/h8-14H,15-17H2,1-7H3,(H,33,36)/t28-/m1/s1. The molecule has 0 aromatic heterocycles. The average molecular weight is 581 g/mol. The molecule has 1 saturated heterocycles. The summed E-state index contributed by atoms with van der Waals surface area (Å²) in [6.45, 7) is 8.75. The number of halogens is 3. The number of carbonyl (C=O) groups excluding carboxylic acids is 3. The molecule has 3 rings (SSSR count). The van der Waals surface area contributed by atoms with Crippen molar-refractivity contribution in [1.82, 2.24) is 10.2 Å². The fourth-order valence-electron chi connectivity index (χ4n) is 4.32. The Labute approximate surface area is 236 Å². The summed E-state index contributed by atoms with van der Waals surface area (Å²) < 4.78 is 63.2. The van der Waals surface area contributed by atoms with Gasteiger partial charge in [0.15, 0.2) is 5.78 Å². The van der Waals surface area contributed by atoms with Crippen LogP contribution in [0.4, 0.5) is 18.0 Å². The van der Waals surface area contributed by atoms with Gasteiger partial charge in [-0.3, -0.25) is 14.5 Å². The summed E-state index contributed by atoms with van der Waals surface area (Å²) in [5.41, 5.74) is -4.35. The lowest BCUT2D eigenvalue weighted by Crippen LogP contribution is -2.62. The van der Waals surface area contributed by atoms with Gasteiger partial charge in [0.25, 0.3) is 0 Å². The SMILES string of the molecule is COc1ccc(COc2ccc(C(=O)CNC(=O)[C@@]3(C)COC(C)(C)N3C(=O)OC(C)(C)C)cc2C(F)(F)F)cc1. The van der Waals surface area contributed by atoms with Gasteiger partial charge >= 0.3 is 12.3 Å². The number of hydrogen-bond donors (Lipinski definition) is 1. The van der Waals surface area contributed by atoms with E-state index in [9.17, 15) is 27.6 Å². The van der Waals surface area contributed by atoms with Crippen LogP contribution in [0.2, 0.25) is 0 Å². The summed E-state index contributed by atoms with van der Waals surface area (Å²) in [5, 5.41) is 2.44. The molecule has 224 valence electrons. The molecule has 2 aromatic rings. The molecule has 2 aromatic carbocycles. The average Bonchev–Trinajstić information content (AvgIpc) is 3.14. The minimum atomic E-state index is -4.80. The van der Waals surface area contributed by atoms with Crippen molar-refractivity contribution in [2.45, 2.75) is 71.2 Å². The Morgan fingerprint density at radius 1 is 1.02 bits per heavy atom. The Balaban J connectivity index is 1.73. The number of rotatable bonds is 8. The smallest absolute Gasteiger partial charge is 0.419 e. The van der Waals surface area contributed by atoms with Crippen molar-refractivity contribution in [3.63, 3.8) is 0 Å². The second kappa shape index (κ2) is 11.6. The molecule has 12 heteroatoms. The first-order valence-electron chi connectivity index (χ1n) is 12.8. The lowest BCUT2D eigenvalue weighted by molar-refractivity contribution is -0.139. The quantitative estimate of drug-likeness (QED) is 0.420. The van der Waals surface area contributed by atoms with Gasteiger partial charge in [0.05, 0.1) is 25.8 Å². The van der Waals surface area contributed by atoms with Crippen LogP contribution in [0.15, 0.2) is 42.5 Å². The van der Waals surface area contributed by atoms with E-state index in [0.29, 0.717) is 17.4 Å². The van der Waals surface area contributed by atoms with E-state index in [1.165, 1.54) is 20.1 Å². The second-order valence-corrected chi connectivity index (χ2v) is 11.3. The minimum Gasteiger partial charge on any atom is -0.497 e. The van der Waals surface area contributed by atoms with Crippen LogP contribution in [0, 0.1) is 0 Å². The summed E-state index contributed by atoms with van der Waals surface area (Å²) in [6, 6.07) is 9.59. The van der Waals surface area contributed by atoms with E-state index >= 15 is 0 Å². The second-order valence-electron chi connectivity index (χ2n) is 11.3. The van der Waals surface area contributed by atoms with Gasteiger partial charge in [-0.05, 0) is 77.4 Å². The zero-order valence-corrected chi connectivity index (χ0v) is 24.1. The number of amides is 2. The molecule has 1 fully saturated rings. The van der Waals surface area contributed by atoms with Gasteiger partial charge < -0.3 is 24.3 Å². The zero-order valence-electron chi connectivity index (χ0n) is 24.1. The number of hydrogen-bond acceptors (Lipinski definition) is 7. The molecule has 1 N–H and O–H groups in total. The molecular formula is C29H35F3N2O7. The maximum Gasteiger partial charge on any atom is 0.419 e. The highest BCUT2D eigenvalue weighted by molar-refractivity contribution is 6.01. The first-order valence-corrected chi connectivity index (χ1v) is 12.8. The molecule has 1 aliphatic rings. The zero-order chi connectivity index (χ0) is 30.8. The number of carbonyl (C=O) groups is 3. The van der Waals surface area contributed by atoms with Crippen molar-refractivity contribution in [1.29, 1.82) is 0 Å². The summed E-state index contributed by atoms with van der Waals surface area (Å²) in [6.07, 6.45) is -5.59. The van der Waals surface area contributed by atoms with Crippen LogP contribution in [-0.4, -0.2) is 59.8 Å². The van der Waals surface area contributed by atoms with Crippen molar-refractivity contribution in [3.05, 3.63) is 59.2 Å². The van der Waals surface area contributed by atoms with E-state index in [-0.39, 0.29) is 18.8 Å². The number of methoxy groups -OCH3 is 1. The molecule has 0 unspecified atom stereocenters. The normalized spacial score (nSPS) is 18.5. The van der Waals surface area contributed by atoms with Gasteiger partial charge in [0.2, 0.25) is 5.91 Å². The molecule has 1 atom stereocenters. The molecule has 2 amide bonds. The number of alkyl halides is 3. The van der Waals surface area contributed by atoms with E-state index < -0.39 is 58.7 Å². The van der Waals surface area contributed by atoms with Crippen LogP contribution in [-0.2, 0) is 27.1 Å². The van der Waals surface area contributed by atoms with Gasteiger partial charge in [0.1, 0.15) is 35.0 Å². The predicted octanol–water partition coefficient (Wildman–Crippen LogP) is 5.35. The van der Waals surface area contributed by atoms with Gasteiger partial charge in [-0.2, -0.15) is 13.2 Å². The van der Waals surface area contributed by atoms with E-state index in [1.807, 2.05) is 0 Å². The van der Waals surface area contributed by atoms with Crippen LogP contribution < -0.4 is 14.8 Å². The van der Waals surface area contributed by atoms with E-state index in [4.69, 9.17) is 18.9 Å². The van der Waals surface area contributed by atoms with Crippen molar-refractivity contribution in [2.24, 2.45) is 0 Å². The molecule has 1 heterocycles. The van der Waals surface area contributed by atoms with Crippen molar-refractivity contribution < 1.29 is 46.5 Å². The van der Waals surface area contributed by atoms with Crippen LogP contribution in [0.3, 0.4) is 0 Å². The fraction of sp³-hybridized carbons (Fsp3) is 0.483. The van der Waals surface area contributed by atoms with E-state index in [2.05, 4.69) is 5.32 Å². The molecule has 0 radical (unpaired) electrons. The van der Waals surface area contributed by atoms with Crippen molar-refractivity contribution >= 4 is 17.8 Å². The summed E-state index contributed by atoms with van der Waals surface area (Å²) in [5.74, 6) is -1.34. The number of ether oxygens (including phenoxy) is 4. The largest absolute Gasteiger partial charge is 0.497 e. The van der Waals surface area contributed by atoms with Crippen LogP contribution in [0.25, 0.3) is 0 Å². The Morgan fingerprint density at radius 2 is 1.66 bits per heavy atom. The molecule has 0 bridgehead atoms. The molecular weight excluding hydrogens is 545 g/mol. The fourth-order valence-corrected chi connectivity index (χ4v) is 4.32. The van der Waals surface area contributed by atoms with Gasteiger partial charge in [-0.1, -0.05) is 12.1 Å². The van der Waals surface area contributed by atoms with Gasteiger partial charge in [0, 0.05) is 5.56 Å². The van der Waals surface area contributed by atoms with E-state index in [0.717, 1.165) is 11.0 Å². The summed E-state index contributed by atoms with van der Waals surface area (Å²) >= 11 is 0. The Kier molecular flexibility index (Phi) is 8.97. The third-order valence-corrected chi connectivity index (χ3v) is 6.37. The summed E-state index contributed by atoms with van der Waals surface area (Å²) in [7, 11) is 1.50. The lowest BCUT2D eigenvalue weighted by atomic mass is 9.99. The Bertz CT molecular complexity index is 1290. The number of ketones is 1. The third-order valence-electron chi connectivity index (χ3n) is 6.37. The number of Topliss-reactive ketones (excluding diaryl/α,β-unsaturated/α-hetero) is 1. The molecule has 9 nitrogen and oxygen atoms in total. The van der Waals surface area contributed by atoms with Crippen molar-refractivity contribution in [2.75, 3.05) is 20.3 Å². The van der Waals surface area contributed by atoms with E-state index in [1.54, 1.807) is 58.9 Å². The topological polar surface area (TPSA) is 103 Å². The molecule has 0 spiro atoms. The van der Waals surface area contributed by atoms with Crippen molar-refractivity contribution in [3.8, 4) is 11.5 Å². The summed E-state index contributed by atoms with van der Waals surface area (Å²) in [4.78, 5) is 40.2. The number of nitrogens with one attached hydrogen (secondary N) is 1. The van der Waals surface area contributed by atoms with Gasteiger partial charge in [-0.25, -0.2) is 4.79 Å². The maximum atomic E-state index is 13.9. The van der Waals surface area contributed by atoms with Crippen LogP contribution >= 0.6 is 0 Å². The lowest BCUT2D eigenvalue weighted by Gasteiger charge is -2.39. The molecule has 1 aliphatic heterocycles. The first-order chi connectivity index (χ1) is 18.9. The van der Waals surface area contributed by atoms with Crippen LogP contribution in [0.1, 0.15) is 63.0 Å². The van der Waals surface area contributed by atoms with Gasteiger partial charge in [-0.15, -0.1) is 0 Å². The number of nitrogens with zero attached hydrogens (tertiary/aromatic N) is 1. The molecule has 0 aliphatic carbocycles. The number of benzene rings is 2. The Hall–Kier alpha value is -3.80. The minimum absolute atomic E-state index is 0.137.